The third-order valence-corrected chi connectivity index (χ3v) is 3.17. The van der Waals surface area contributed by atoms with Crippen LogP contribution in [0.5, 0.6) is 0 Å². The summed E-state index contributed by atoms with van der Waals surface area (Å²) in [6.07, 6.45) is 0.703. The summed E-state index contributed by atoms with van der Waals surface area (Å²) in [6, 6.07) is 5.52. The maximum atomic E-state index is 13.6. The van der Waals surface area contributed by atoms with Crippen molar-refractivity contribution < 1.29 is 4.39 Å². The molecular weight excluding hydrogens is 213 g/mol. The molecule has 0 aliphatic rings. The molecule has 0 aromatic heterocycles. The van der Waals surface area contributed by atoms with Crippen LogP contribution in [0.3, 0.4) is 0 Å². The summed E-state index contributed by atoms with van der Waals surface area (Å²) < 4.78 is 13.6. The molecule has 15 heavy (non-hydrogen) atoms. The molecule has 84 valence electrons. The van der Waals surface area contributed by atoms with E-state index in [-0.39, 0.29) is 10.8 Å². The number of nitrogens with one attached hydrogen (secondary N) is 1. The van der Waals surface area contributed by atoms with E-state index in [1.807, 2.05) is 7.05 Å². The van der Waals surface area contributed by atoms with Crippen LogP contribution < -0.4 is 5.32 Å². The lowest BCUT2D eigenvalue weighted by Gasteiger charge is -2.19. The summed E-state index contributed by atoms with van der Waals surface area (Å²) in [4.78, 5) is 0. The fraction of sp³-hybridized carbons (Fsp3) is 0.500. The molecule has 2 atom stereocenters. The summed E-state index contributed by atoms with van der Waals surface area (Å²) in [6.45, 7) is 4.19. The van der Waals surface area contributed by atoms with Gasteiger partial charge in [-0.1, -0.05) is 30.7 Å². The van der Waals surface area contributed by atoms with Crippen LogP contribution in [0.2, 0.25) is 5.02 Å². The first-order valence-corrected chi connectivity index (χ1v) is 5.54. The molecule has 0 spiro atoms. The van der Waals surface area contributed by atoms with Gasteiger partial charge in [0.15, 0.2) is 0 Å². The van der Waals surface area contributed by atoms with Gasteiger partial charge in [0.2, 0.25) is 0 Å². The average molecular weight is 230 g/mol. The summed E-state index contributed by atoms with van der Waals surface area (Å²) in [5.41, 5.74) is 0.692. The van der Waals surface area contributed by atoms with Crippen molar-refractivity contribution in [2.24, 2.45) is 5.92 Å². The largest absolute Gasteiger partial charge is 0.317 e. The second-order valence-electron chi connectivity index (χ2n) is 3.97. The zero-order valence-electron chi connectivity index (χ0n) is 9.35. The molecular formula is C12H17ClFN. The Balaban J connectivity index is 2.76. The Morgan fingerprint density at radius 3 is 2.67 bits per heavy atom. The molecule has 0 heterocycles. The van der Waals surface area contributed by atoms with Gasteiger partial charge in [-0.3, -0.25) is 0 Å². The lowest BCUT2D eigenvalue weighted by atomic mass is 9.95. The summed E-state index contributed by atoms with van der Waals surface area (Å²) >= 11 is 5.72. The Morgan fingerprint density at radius 1 is 1.40 bits per heavy atom. The summed E-state index contributed by atoms with van der Waals surface area (Å²) in [5, 5.41) is 3.37. The van der Waals surface area contributed by atoms with Crippen LogP contribution in [0.4, 0.5) is 4.39 Å². The third-order valence-electron chi connectivity index (χ3n) is 2.88. The molecule has 3 heteroatoms. The molecule has 0 fully saturated rings. The van der Waals surface area contributed by atoms with E-state index in [0.717, 1.165) is 0 Å². The number of benzene rings is 1. The van der Waals surface area contributed by atoms with Crippen molar-refractivity contribution in [1.29, 1.82) is 0 Å². The summed E-state index contributed by atoms with van der Waals surface area (Å²) in [7, 11) is 1.91. The highest BCUT2D eigenvalue weighted by atomic mass is 35.5. The van der Waals surface area contributed by atoms with Gasteiger partial charge in [0.05, 0.1) is 5.02 Å². The van der Waals surface area contributed by atoms with Gasteiger partial charge >= 0.3 is 0 Å². The fourth-order valence-corrected chi connectivity index (χ4v) is 1.71. The maximum Gasteiger partial charge on any atom is 0.144 e. The van der Waals surface area contributed by atoms with Crippen molar-refractivity contribution in [3.8, 4) is 0 Å². The van der Waals surface area contributed by atoms with Gasteiger partial charge in [-0.05, 0) is 37.9 Å². The minimum Gasteiger partial charge on any atom is -0.317 e. The molecule has 1 aromatic rings. The number of hydrogen-bond acceptors (Lipinski definition) is 1. The van der Waals surface area contributed by atoms with E-state index in [9.17, 15) is 4.39 Å². The third kappa shape index (κ3) is 3.18. The van der Waals surface area contributed by atoms with Crippen LogP contribution >= 0.6 is 11.6 Å². The van der Waals surface area contributed by atoms with Gasteiger partial charge in [-0.25, -0.2) is 4.39 Å². The van der Waals surface area contributed by atoms with Crippen molar-refractivity contribution in [1.82, 2.24) is 5.32 Å². The molecule has 0 aliphatic carbocycles. The standard InChI is InChI=1S/C12H17ClFN/c1-8(9(2)15-3)7-10-5-4-6-11(13)12(10)14/h4-6,8-9,15H,7H2,1-3H3. The zero-order valence-corrected chi connectivity index (χ0v) is 10.1. The highest BCUT2D eigenvalue weighted by Gasteiger charge is 2.14. The van der Waals surface area contributed by atoms with Gasteiger partial charge < -0.3 is 5.32 Å². The molecule has 0 bridgehead atoms. The van der Waals surface area contributed by atoms with Crippen molar-refractivity contribution in [2.75, 3.05) is 7.05 Å². The SMILES string of the molecule is CNC(C)C(C)Cc1cccc(Cl)c1F. The number of halogens is 2. The van der Waals surface area contributed by atoms with Gasteiger partial charge in [-0.2, -0.15) is 0 Å². The van der Waals surface area contributed by atoms with Crippen molar-refractivity contribution in [3.63, 3.8) is 0 Å². The van der Waals surface area contributed by atoms with Gasteiger partial charge in [0.25, 0.3) is 0 Å². The zero-order chi connectivity index (χ0) is 11.4. The molecule has 0 radical (unpaired) electrons. The quantitative estimate of drug-likeness (QED) is 0.836. The minimum absolute atomic E-state index is 0.205. The first kappa shape index (κ1) is 12.5. The molecule has 1 aromatic carbocycles. The molecule has 0 saturated carbocycles. The van der Waals surface area contributed by atoms with E-state index in [1.165, 1.54) is 0 Å². The van der Waals surface area contributed by atoms with Crippen LogP contribution in [0.15, 0.2) is 18.2 Å². The van der Waals surface area contributed by atoms with E-state index in [0.29, 0.717) is 23.9 Å². The predicted molar refractivity (Wildman–Crippen MR) is 62.8 cm³/mol. The second-order valence-corrected chi connectivity index (χ2v) is 4.38. The average Bonchev–Trinajstić information content (AvgIpc) is 2.23. The van der Waals surface area contributed by atoms with Gasteiger partial charge in [0, 0.05) is 6.04 Å². The Kier molecular flexibility index (Phi) is 4.55. The molecule has 0 aliphatic heterocycles. The molecule has 2 unspecified atom stereocenters. The Bertz CT molecular complexity index is 327. The van der Waals surface area contributed by atoms with E-state index >= 15 is 0 Å². The molecule has 1 rings (SSSR count). The molecule has 0 amide bonds. The minimum atomic E-state index is -0.283. The van der Waals surface area contributed by atoms with Crippen LogP contribution in [-0.2, 0) is 6.42 Å². The van der Waals surface area contributed by atoms with E-state index in [4.69, 9.17) is 11.6 Å². The van der Waals surface area contributed by atoms with Crippen LogP contribution in [0, 0.1) is 11.7 Å². The van der Waals surface area contributed by atoms with E-state index in [2.05, 4.69) is 19.2 Å². The highest BCUT2D eigenvalue weighted by molar-refractivity contribution is 6.30. The van der Waals surface area contributed by atoms with Crippen molar-refractivity contribution in [3.05, 3.63) is 34.6 Å². The highest BCUT2D eigenvalue weighted by Crippen LogP contribution is 2.21. The Labute approximate surface area is 95.6 Å². The van der Waals surface area contributed by atoms with E-state index in [1.54, 1.807) is 18.2 Å². The second kappa shape index (κ2) is 5.47. The van der Waals surface area contributed by atoms with Crippen molar-refractivity contribution in [2.45, 2.75) is 26.3 Å². The lowest BCUT2D eigenvalue weighted by Crippen LogP contribution is -2.30. The fourth-order valence-electron chi connectivity index (χ4n) is 1.51. The van der Waals surface area contributed by atoms with Gasteiger partial charge in [0.1, 0.15) is 5.82 Å². The van der Waals surface area contributed by atoms with Crippen LogP contribution in [0.1, 0.15) is 19.4 Å². The number of hydrogen-bond donors (Lipinski definition) is 1. The molecule has 1 nitrogen and oxygen atoms in total. The number of rotatable bonds is 4. The van der Waals surface area contributed by atoms with Crippen LogP contribution in [0.25, 0.3) is 0 Å². The smallest absolute Gasteiger partial charge is 0.144 e. The first-order chi connectivity index (χ1) is 7.06. The monoisotopic (exact) mass is 229 g/mol. The van der Waals surface area contributed by atoms with Gasteiger partial charge in [-0.15, -0.1) is 0 Å². The summed E-state index contributed by atoms with van der Waals surface area (Å²) in [5.74, 6) is 0.0947. The topological polar surface area (TPSA) is 12.0 Å². The molecule has 1 N–H and O–H groups in total. The lowest BCUT2D eigenvalue weighted by molar-refractivity contribution is 0.417. The maximum absolute atomic E-state index is 13.6. The van der Waals surface area contributed by atoms with E-state index < -0.39 is 0 Å². The predicted octanol–water partition coefficient (Wildman–Crippen LogP) is 3.27. The van der Waals surface area contributed by atoms with Crippen molar-refractivity contribution >= 4 is 11.6 Å². The normalized spacial score (nSPS) is 15.0. The Hall–Kier alpha value is -0.600. The Morgan fingerprint density at radius 2 is 2.07 bits per heavy atom. The molecule has 0 saturated heterocycles. The van der Waals surface area contributed by atoms with Crippen LogP contribution in [-0.4, -0.2) is 13.1 Å². The first-order valence-electron chi connectivity index (χ1n) is 5.16.